The minimum absolute atomic E-state index is 0.0641. The van der Waals surface area contributed by atoms with E-state index in [9.17, 15) is 22.4 Å². The molecule has 1 atom stereocenters. The summed E-state index contributed by atoms with van der Waals surface area (Å²) in [5.41, 5.74) is 0.535. The van der Waals surface area contributed by atoms with Gasteiger partial charge >= 0.3 is 0 Å². The van der Waals surface area contributed by atoms with Crippen molar-refractivity contribution in [2.45, 2.75) is 17.9 Å². The summed E-state index contributed by atoms with van der Waals surface area (Å²) in [7, 11) is 1.29. The van der Waals surface area contributed by atoms with E-state index < -0.39 is 23.3 Å². The molecule has 0 radical (unpaired) electrons. The van der Waals surface area contributed by atoms with Crippen LogP contribution in [0.15, 0.2) is 59.8 Å². The summed E-state index contributed by atoms with van der Waals surface area (Å²) in [6.45, 7) is 0.790. The van der Waals surface area contributed by atoms with Crippen molar-refractivity contribution in [1.82, 2.24) is 4.98 Å². The number of nitrogens with two attached hydrogens (primary N) is 1. The Balaban J connectivity index is 0.000000287. The third kappa shape index (κ3) is 6.86. The second-order valence-corrected chi connectivity index (χ2v) is 8.26. The molecule has 3 N–H and O–H groups in total. The Morgan fingerprint density at radius 2 is 1.80 bits per heavy atom. The lowest BCUT2D eigenvalue weighted by molar-refractivity contribution is -0.120. The Morgan fingerprint density at radius 3 is 2.46 bits per heavy atom. The van der Waals surface area contributed by atoms with Gasteiger partial charge in [0.1, 0.15) is 22.3 Å². The normalized spacial score (nSPS) is 15.1. The third-order valence-corrected chi connectivity index (χ3v) is 5.77. The molecule has 1 unspecified atom stereocenters. The first-order valence-electron chi connectivity index (χ1n) is 10.6. The lowest BCUT2D eigenvalue weighted by Gasteiger charge is -2.34. The van der Waals surface area contributed by atoms with Gasteiger partial charge in [0.05, 0.1) is 13.0 Å². The van der Waals surface area contributed by atoms with Gasteiger partial charge in [-0.2, -0.15) is 4.39 Å². The van der Waals surface area contributed by atoms with Crippen LogP contribution in [0.2, 0.25) is 0 Å². The van der Waals surface area contributed by atoms with Crippen molar-refractivity contribution in [2.24, 2.45) is 11.1 Å². The molecule has 2 heterocycles. The van der Waals surface area contributed by atoms with Crippen LogP contribution < -0.4 is 20.1 Å². The van der Waals surface area contributed by atoms with Crippen molar-refractivity contribution < 1.29 is 27.1 Å². The number of hydrogen-bond acceptors (Lipinski definition) is 6. The lowest BCUT2D eigenvalue weighted by Crippen LogP contribution is -2.41. The van der Waals surface area contributed by atoms with Crippen molar-refractivity contribution in [3.63, 3.8) is 0 Å². The fourth-order valence-electron chi connectivity index (χ4n) is 3.62. The second kappa shape index (κ2) is 12.4. The van der Waals surface area contributed by atoms with Gasteiger partial charge in [0, 0.05) is 25.0 Å². The van der Waals surface area contributed by atoms with E-state index in [1.54, 1.807) is 23.2 Å². The van der Waals surface area contributed by atoms with Crippen LogP contribution in [0.1, 0.15) is 12.8 Å². The molecule has 2 aromatic carbocycles. The van der Waals surface area contributed by atoms with Crippen molar-refractivity contribution in [3.8, 4) is 5.75 Å². The van der Waals surface area contributed by atoms with Gasteiger partial charge < -0.3 is 15.0 Å². The second-order valence-electron chi connectivity index (χ2n) is 7.60. The van der Waals surface area contributed by atoms with Crippen LogP contribution in [-0.4, -0.2) is 31.1 Å². The van der Waals surface area contributed by atoms with Crippen LogP contribution in [0, 0.1) is 29.2 Å². The number of nitrogens with zero attached hydrogens (tertiary/aromatic N) is 2. The van der Waals surface area contributed by atoms with E-state index in [2.05, 4.69) is 15.0 Å². The molecular weight excluding hydrogens is 484 g/mol. The molecule has 1 saturated heterocycles. The Morgan fingerprint density at radius 1 is 1.11 bits per heavy atom. The highest BCUT2D eigenvalue weighted by atomic mass is 32.2. The van der Waals surface area contributed by atoms with Crippen molar-refractivity contribution >= 4 is 29.2 Å². The van der Waals surface area contributed by atoms with E-state index >= 15 is 0 Å². The number of ether oxygens (including phenoxy) is 1. The van der Waals surface area contributed by atoms with Crippen LogP contribution >= 0.6 is 11.9 Å². The molecule has 186 valence electrons. The number of carbonyl (C=O) groups excluding carboxylic acids is 1. The molecule has 0 aliphatic carbocycles. The van der Waals surface area contributed by atoms with Gasteiger partial charge in [0.15, 0.2) is 11.6 Å². The molecule has 1 aromatic heterocycles. The van der Waals surface area contributed by atoms with E-state index in [1.807, 2.05) is 0 Å². The highest BCUT2D eigenvalue weighted by molar-refractivity contribution is 7.97. The first kappa shape index (κ1) is 26.3. The number of pyridine rings is 1. The zero-order valence-corrected chi connectivity index (χ0v) is 19.6. The predicted molar refractivity (Wildman–Crippen MR) is 127 cm³/mol. The average Bonchev–Trinajstić information content (AvgIpc) is 2.86. The quantitative estimate of drug-likeness (QED) is 0.366. The number of piperidine rings is 1. The summed E-state index contributed by atoms with van der Waals surface area (Å²) in [6, 6.07) is 10.9. The van der Waals surface area contributed by atoms with Crippen LogP contribution in [-0.2, 0) is 4.79 Å². The lowest BCUT2D eigenvalue weighted by atomic mass is 9.96. The zero-order valence-electron chi connectivity index (χ0n) is 18.8. The molecule has 1 aliphatic heterocycles. The highest BCUT2D eigenvalue weighted by Crippen LogP contribution is 2.29. The van der Waals surface area contributed by atoms with Crippen LogP contribution in [0.5, 0.6) is 5.75 Å². The van der Waals surface area contributed by atoms with Gasteiger partial charge in [-0.25, -0.2) is 18.2 Å². The summed E-state index contributed by atoms with van der Waals surface area (Å²) in [5, 5.41) is 8.89. The number of amides is 1. The molecule has 1 fully saturated rings. The van der Waals surface area contributed by atoms with E-state index in [0.29, 0.717) is 30.1 Å². The fourth-order valence-corrected chi connectivity index (χ4v) is 3.94. The number of para-hydroxylation sites is 1. The monoisotopic (exact) mass is 508 g/mol. The van der Waals surface area contributed by atoms with E-state index in [1.165, 1.54) is 37.4 Å². The molecule has 0 saturated carbocycles. The maximum absolute atomic E-state index is 14.0. The van der Waals surface area contributed by atoms with E-state index in [4.69, 9.17) is 5.14 Å². The van der Waals surface area contributed by atoms with Crippen LogP contribution in [0.4, 0.5) is 28.9 Å². The largest absolute Gasteiger partial charge is 0.494 e. The number of halogens is 4. The van der Waals surface area contributed by atoms with Gasteiger partial charge in [-0.3, -0.25) is 9.93 Å². The Kier molecular flexibility index (Phi) is 9.32. The predicted octanol–water partition coefficient (Wildman–Crippen LogP) is 5.15. The van der Waals surface area contributed by atoms with Crippen LogP contribution in [0.25, 0.3) is 0 Å². The molecule has 0 bridgehead atoms. The topological polar surface area (TPSA) is 80.5 Å². The van der Waals surface area contributed by atoms with Gasteiger partial charge in [0.2, 0.25) is 11.7 Å². The Labute approximate surface area is 204 Å². The summed E-state index contributed by atoms with van der Waals surface area (Å²) in [4.78, 5) is 18.2. The SMILES string of the molecule is COc1cccc(F)c1F.NSc1cc(NC(=O)C2CCCN(c3c(F)cccc3F)C2)ccn1. The maximum Gasteiger partial charge on any atom is 0.229 e. The van der Waals surface area contributed by atoms with E-state index in [0.717, 1.165) is 18.0 Å². The zero-order chi connectivity index (χ0) is 25.4. The number of carbonyl (C=O) groups is 1. The Hall–Kier alpha value is -3.31. The molecule has 3 aromatic rings. The summed E-state index contributed by atoms with van der Waals surface area (Å²) < 4.78 is 57.3. The van der Waals surface area contributed by atoms with Crippen molar-refractivity contribution in [1.29, 1.82) is 0 Å². The van der Waals surface area contributed by atoms with Gasteiger partial charge in [-0.1, -0.05) is 12.1 Å². The number of rotatable bonds is 5. The number of anilines is 2. The van der Waals surface area contributed by atoms with Crippen LogP contribution in [0.3, 0.4) is 0 Å². The Bertz CT molecular complexity index is 1150. The summed E-state index contributed by atoms with van der Waals surface area (Å²) in [6.07, 6.45) is 2.92. The molecule has 6 nitrogen and oxygen atoms in total. The van der Waals surface area contributed by atoms with Gasteiger partial charge in [-0.15, -0.1) is 0 Å². The molecule has 1 amide bonds. The van der Waals surface area contributed by atoms with Gasteiger partial charge in [-0.05, 0) is 61.2 Å². The van der Waals surface area contributed by atoms with Gasteiger partial charge in [0.25, 0.3) is 0 Å². The molecular formula is C24H24F4N4O2S. The fraction of sp³-hybridized carbons (Fsp3) is 0.250. The summed E-state index contributed by atoms with van der Waals surface area (Å²) in [5.74, 6) is -3.65. The molecule has 35 heavy (non-hydrogen) atoms. The smallest absolute Gasteiger partial charge is 0.229 e. The molecule has 4 rings (SSSR count). The maximum atomic E-state index is 14.0. The van der Waals surface area contributed by atoms with E-state index in [-0.39, 0.29) is 29.8 Å². The standard InChI is InChI=1S/C17H18F2N4OS.C7H6F2O/c18-13-4-1-5-14(19)16(13)23-8-2-3-11(10-23)17(24)22-12-6-7-21-15(9-12)25-20;1-10-6-4-2-3-5(8)7(6)9/h1,4-7,9,11H,2-3,8,10,20H2,(H,21,22,24);2-4H,1H3. The number of benzene rings is 2. The highest BCUT2D eigenvalue weighted by Gasteiger charge is 2.28. The molecule has 1 aliphatic rings. The first-order valence-corrected chi connectivity index (χ1v) is 11.5. The first-order chi connectivity index (χ1) is 16.8. The minimum atomic E-state index is -0.940. The molecule has 0 spiro atoms. The van der Waals surface area contributed by atoms with Crippen molar-refractivity contribution in [3.05, 3.63) is 78.0 Å². The average molecular weight is 509 g/mol. The number of nitrogens with one attached hydrogen (secondary N) is 1. The van der Waals surface area contributed by atoms with Crippen molar-refractivity contribution in [2.75, 3.05) is 30.4 Å². The third-order valence-electron chi connectivity index (χ3n) is 5.31. The number of aromatic nitrogens is 1. The number of hydrogen-bond donors (Lipinski definition) is 2. The molecule has 11 heteroatoms. The number of methoxy groups -OCH3 is 1. The summed E-state index contributed by atoms with van der Waals surface area (Å²) >= 11 is 0.993. The minimum Gasteiger partial charge on any atom is -0.494 e.